The molecule has 0 spiro atoms. The van der Waals surface area contributed by atoms with Gasteiger partial charge in [-0.05, 0) is 59.9 Å². The van der Waals surface area contributed by atoms with E-state index in [1.165, 1.54) is 6.07 Å². The summed E-state index contributed by atoms with van der Waals surface area (Å²) in [6, 6.07) is 4.85. The van der Waals surface area contributed by atoms with Crippen molar-refractivity contribution < 1.29 is 24.5 Å². The van der Waals surface area contributed by atoms with E-state index in [9.17, 15) is 15.3 Å². The summed E-state index contributed by atoms with van der Waals surface area (Å²) in [6.45, 7) is 16.0. The zero-order valence-corrected chi connectivity index (χ0v) is 20.9. The molecule has 0 bridgehead atoms. The minimum absolute atomic E-state index is 0.0332. The van der Waals surface area contributed by atoms with Crippen molar-refractivity contribution >= 4 is 11.0 Å². The predicted molar refractivity (Wildman–Crippen MR) is 136 cm³/mol. The molecule has 0 fully saturated rings. The molecule has 0 amide bonds. The lowest BCUT2D eigenvalue weighted by Crippen LogP contribution is -2.32. The van der Waals surface area contributed by atoms with E-state index in [-0.39, 0.29) is 28.8 Å². The van der Waals surface area contributed by atoms with Crippen LogP contribution in [0.3, 0.4) is 0 Å². The lowest BCUT2D eigenvalue weighted by Gasteiger charge is -2.34. The molecule has 3 N–H and O–H groups in total. The molecular weight excluding hydrogens is 428 g/mol. The van der Waals surface area contributed by atoms with E-state index in [1.54, 1.807) is 12.1 Å². The Labute approximate surface area is 201 Å². The maximum absolute atomic E-state index is 11.0. The van der Waals surface area contributed by atoms with Crippen molar-refractivity contribution in [2.45, 2.75) is 72.3 Å². The SMILES string of the molecule is C=C(C)[C@@H](C)c1c(O)cc(O)c2cc(-c3c(CC=C(C)C)c(O)cc4c3CCC(C)(C)O4)oc12. The minimum atomic E-state index is -0.333. The Balaban J connectivity index is 2.03. The number of fused-ring (bicyclic) bond motifs is 2. The summed E-state index contributed by atoms with van der Waals surface area (Å²) in [4.78, 5) is 0. The minimum Gasteiger partial charge on any atom is -0.507 e. The Bertz CT molecular complexity index is 1320. The number of furan rings is 1. The molecular formula is C29H34O5. The fourth-order valence-corrected chi connectivity index (χ4v) is 4.63. The number of phenols is 3. The smallest absolute Gasteiger partial charge is 0.146 e. The van der Waals surface area contributed by atoms with Crippen LogP contribution in [-0.4, -0.2) is 20.9 Å². The van der Waals surface area contributed by atoms with Crippen LogP contribution >= 0.6 is 0 Å². The summed E-state index contributed by atoms with van der Waals surface area (Å²) in [5.74, 6) is 1.06. The van der Waals surface area contributed by atoms with E-state index in [0.717, 1.165) is 40.7 Å². The van der Waals surface area contributed by atoms with Crippen molar-refractivity contribution in [3.8, 4) is 34.3 Å². The lowest BCUT2D eigenvalue weighted by molar-refractivity contribution is 0.0845. The standard InChI is InChI=1S/C29H34O5/c1-15(2)8-9-18-22(31)14-24-19(10-11-29(6,7)34-24)27(18)25-12-20-21(30)13-23(32)26(28(20)33-25)17(5)16(3)4/h8,12-14,17,30-32H,3,9-11H2,1-2,4-7H3/t17-/m1/s1. The molecule has 5 heteroatoms. The van der Waals surface area contributed by atoms with Crippen molar-refractivity contribution in [1.29, 1.82) is 0 Å². The summed E-state index contributed by atoms with van der Waals surface area (Å²) in [6.07, 6.45) is 4.19. The zero-order chi connectivity index (χ0) is 24.9. The van der Waals surface area contributed by atoms with Crippen LogP contribution in [0.1, 0.15) is 70.6 Å². The van der Waals surface area contributed by atoms with Gasteiger partial charge < -0.3 is 24.5 Å². The van der Waals surface area contributed by atoms with Crippen LogP contribution in [0.2, 0.25) is 0 Å². The van der Waals surface area contributed by atoms with Gasteiger partial charge in [-0.3, -0.25) is 0 Å². The molecule has 3 aromatic rings. The molecule has 1 aromatic heterocycles. The first-order chi connectivity index (χ1) is 15.9. The molecule has 0 unspecified atom stereocenters. The number of aromatic hydroxyl groups is 3. The topological polar surface area (TPSA) is 83.1 Å². The molecule has 5 nitrogen and oxygen atoms in total. The van der Waals surface area contributed by atoms with Gasteiger partial charge in [-0.2, -0.15) is 0 Å². The van der Waals surface area contributed by atoms with Crippen LogP contribution in [0.15, 0.2) is 46.4 Å². The number of hydrogen-bond donors (Lipinski definition) is 3. The average Bonchev–Trinajstić information content (AvgIpc) is 3.16. The highest BCUT2D eigenvalue weighted by atomic mass is 16.5. The first-order valence-electron chi connectivity index (χ1n) is 11.7. The van der Waals surface area contributed by atoms with Crippen molar-refractivity contribution in [1.82, 2.24) is 0 Å². The van der Waals surface area contributed by atoms with Crippen LogP contribution < -0.4 is 4.74 Å². The Morgan fingerprint density at radius 3 is 2.44 bits per heavy atom. The van der Waals surface area contributed by atoms with Gasteiger partial charge >= 0.3 is 0 Å². The number of allylic oxidation sites excluding steroid dienone is 3. The Hall–Kier alpha value is -3.34. The summed E-state index contributed by atoms with van der Waals surface area (Å²) >= 11 is 0. The van der Waals surface area contributed by atoms with E-state index < -0.39 is 0 Å². The van der Waals surface area contributed by atoms with E-state index in [2.05, 4.69) is 12.7 Å². The summed E-state index contributed by atoms with van der Waals surface area (Å²) in [5.41, 5.74) is 5.20. The number of hydrogen-bond acceptors (Lipinski definition) is 5. The highest BCUT2D eigenvalue weighted by molar-refractivity contribution is 5.93. The van der Waals surface area contributed by atoms with Crippen LogP contribution in [0.4, 0.5) is 0 Å². The van der Waals surface area contributed by atoms with Crippen LogP contribution in [0, 0.1) is 0 Å². The molecule has 34 heavy (non-hydrogen) atoms. The zero-order valence-electron chi connectivity index (χ0n) is 20.9. The third-order valence-electron chi connectivity index (χ3n) is 6.78. The summed E-state index contributed by atoms with van der Waals surface area (Å²) < 4.78 is 12.6. The number of phenolic OH excluding ortho intramolecular Hbond substituents is 3. The summed E-state index contributed by atoms with van der Waals surface area (Å²) in [7, 11) is 0. The number of benzene rings is 2. The molecule has 1 aliphatic heterocycles. The van der Waals surface area contributed by atoms with Gasteiger partial charge in [0.25, 0.3) is 0 Å². The van der Waals surface area contributed by atoms with E-state index in [1.807, 2.05) is 41.5 Å². The molecule has 1 atom stereocenters. The largest absolute Gasteiger partial charge is 0.507 e. The van der Waals surface area contributed by atoms with Crippen LogP contribution in [0.5, 0.6) is 23.0 Å². The molecule has 4 rings (SSSR count). The van der Waals surface area contributed by atoms with Crippen molar-refractivity contribution in [3.05, 3.63) is 58.7 Å². The van der Waals surface area contributed by atoms with Gasteiger partial charge in [-0.15, -0.1) is 0 Å². The first kappa shape index (κ1) is 23.8. The third-order valence-corrected chi connectivity index (χ3v) is 6.78. The van der Waals surface area contributed by atoms with Gasteiger partial charge in [-0.1, -0.05) is 30.7 Å². The Morgan fingerprint density at radius 2 is 1.79 bits per heavy atom. The maximum atomic E-state index is 11.0. The molecule has 1 aliphatic rings. The fourth-order valence-electron chi connectivity index (χ4n) is 4.63. The van der Waals surface area contributed by atoms with Gasteiger partial charge in [0.05, 0.1) is 5.39 Å². The molecule has 180 valence electrons. The average molecular weight is 463 g/mol. The van der Waals surface area contributed by atoms with Gasteiger partial charge in [0.1, 0.15) is 39.9 Å². The summed E-state index contributed by atoms with van der Waals surface area (Å²) in [5, 5.41) is 32.8. The number of rotatable bonds is 5. The second kappa shape index (κ2) is 8.46. The quantitative estimate of drug-likeness (QED) is 0.342. The third kappa shape index (κ3) is 4.15. The molecule has 0 radical (unpaired) electrons. The van der Waals surface area contributed by atoms with E-state index >= 15 is 0 Å². The Kier molecular flexibility index (Phi) is 5.92. The monoisotopic (exact) mass is 462 g/mol. The van der Waals surface area contributed by atoms with Crippen LogP contribution in [-0.2, 0) is 12.8 Å². The highest BCUT2D eigenvalue weighted by Gasteiger charge is 2.32. The number of ether oxygens (including phenoxy) is 1. The van der Waals surface area contributed by atoms with Gasteiger partial charge in [0.15, 0.2) is 0 Å². The van der Waals surface area contributed by atoms with E-state index in [0.29, 0.717) is 34.5 Å². The van der Waals surface area contributed by atoms with Gasteiger partial charge in [-0.25, -0.2) is 0 Å². The maximum Gasteiger partial charge on any atom is 0.146 e. The second-order valence-corrected chi connectivity index (χ2v) is 10.3. The van der Waals surface area contributed by atoms with Crippen molar-refractivity contribution in [2.75, 3.05) is 0 Å². The Morgan fingerprint density at radius 1 is 1.09 bits per heavy atom. The lowest BCUT2D eigenvalue weighted by atomic mass is 9.87. The first-order valence-corrected chi connectivity index (χ1v) is 11.7. The molecule has 2 heterocycles. The predicted octanol–water partition coefficient (Wildman–Crippen LogP) is 7.51. The fraction of sp³-hybridized carbons (Fsp3) is 0.379. The second-order valence-electron chi connectivity index (χ2n) is 10.3. The van der Waals surface area contributed by atoms with Crippen molar-refractivity contribution in [2.24, 2.45) is 0 Å². The van der Waals surface area contributed by atoms with Crippen molar-refractivity contribution in [3.63, 3.8) is 0 Å². The van der Waals surface area contributed by atoms with E-state index in [4.69, 9.17) is 9.15 Å². The molecule has 0 saturated carbocycles. The molecule has 2 aromatic carbocycles. The normalized spacial score (nSPS) is 15.5. The molecule has 0 aliphatic carbocycles. The van der Waals surface area contributed by atoms with Gasteiger partial charge in [0.2, 0.25) is 0 Å². The van der Waals surface area contributed by atoms with Gasteiger partial charge in [0, 0.05) is 40.3 Å². The van der Waals surface area contributed by atoms with Crippen LogP contribution in [0.25, 0.3) is 22.3 Å². The molecule has 0 saturated heterocycles. The highest BCUT2D eigenvalue weighted by Crippen LogP contribution is 2.49.